The Morgan fingerprint density at radius 2 is 2.05 bits per heavy atom. The number of hydrogen-bond donors (Lipinski definition) is 1. The van der Waals surface area contributed by atoms with Crippen LogP contribution in [0.15, 0.2) is 28.8 Å². The largest absolute Gasteiger partial charge is 0.494 e. The molecule has 0 saturated heterocycles. The molecule has 1 heterocycles. The van der Waals surface area contributed by atoms with Gasteiger partial charge in [0, 0.05) is 12.0 Å². The first-order chi connectivity index (χ1) is 10.7. The molecular formula is C16H21N3O3. The summed E-state index contributed by atoms with van der Waals surface area (Å²) in [7, 11) is 0. The van der Waals surface area contributed by atoms with Crippen molar-refractivity contribution in [3.05, 3.63) is 41.5 Å². The molecule has 6 heteroatoms. The Balaban J connectivity index is 1.84. The van der Waals surface area contributed by atoms with Crippen LogP contribution in [0.1, 0.15) is 48.8 Å². The first-order valence-electron chi connectivity index (χ1n) is 7.55. The number of aryl methyl sites for hydroxylation is 1. The van der Waals surface area contributed by atoms with E-state index in [0.29, 0.717) is 30.3 Å². The molecule has 0 aliphatic rings. The van der Waals surface area contributed by atoms with Gasteiger partial charge in [0.2, 0.25) is 5.89 Å². The van der Waals surface area contributed by atoms with Crippen LogP contribution in [0.5, 0.6) is 5.75 Å². The summed E-state index contributed by atoms with van der Waals surface area (Å²) in [6.45, 7) is 4.99. The van der Waals surface area contributed by atoms with Gasteiger partial charge in [0.15, 0.2) is 5.82 Å². The number of ether oxygens (including phenoxy) is 1. The summed E-state index contributed by atoms with van der Waals surface area (Å²) < 4.78 is 10.5. The fourth-order valence-electron chi connectivity index (χ4n) is 1.80. The third-order valence-electron chi connectivity index (χ3n) is 3.10. The van der Waals surface area contributed by atoms with Crippen LogP contribution in [0.4, 0.5) is 0 Å². The van der Waals surface area contributed by atoms with Gasteiger partial charge < -0.3 is 14.6 Å². The van der Waals surface area contributed by atoms with Gasteiger partial charge in [-0.3, -0.25) is 4.79 Å². The molecule has 1 aromatic carbocycles. The number of nitrogens with zero attached hydrogens (tertiary/aromatic N) is 2. The van der Waals surface area contributed by atoms with Crippen molar-refractivity contribution in [1.82, 2.24) is 15.5 Å². The van der Waals surface area contributed by atoms with Gasteiger partial charge in [0.05, 0.1) is 13.2 Å². The monoisotopic (exact) mass is 303 g/mol. The smallest absolute Gasteiger partial charge is 0.251 e. The predicted molar refractivity (Wildman–Crippen MR) is 81.7 cm³/mol. The molecule has 0 spiro atoms. The number of carbonyl (C=O) groups excluding carboxylic acids is 1. The van der Waals surface area contributed by atoms with Crippen LogP contribution in [0, 0.1) is 0 Å². The highest BCUT2D eigenvalue weighted by Crippen LogP contribution is 2.12. The summed E-state index contributed by atoms with van der Waals surface area (Å²) in [5, 5.41) is 6.55. The molecule has 0 radical (unpaired) electrons. The minimum atomic E-state index is -0.178. The zero-order valence-corrected chi connectivity index (χ0v) is 13.0. The molecule has 0 saturated carbocycles. The Bertz CT molecular complexity index is 593. The molecule has 2 rings (SSSR count). The number of aromatic nitrogens is 2. The van der Waals surface area contributed by atoms with Crippen molar-refractivity contribution in [3.8, 4) is 5.75 Å². The fraction of sp³-hybridized carbons (Fsp3) is 0.438. The van der Waals surface area contributed by atoms with Gasteiger partial charge in [-0.1, -0.05) is 25.4 Å². The van der Waals surface area contributed by atoms with Crippen LogP contribution in [-0.2, 0) is 13.0 Å². The molecule has 0 bridgehead atoms. The highest BCUT2D eigenvalue weighted by atomic mass is 16.5. The fourth-order valence-corrected chi connectivity index (χ4v) is 1.80. The van der Waals surface area contributed by atoms with Gasteiger partial charge in [0.25, 0.3) is 5.91 Å². The topological polar surface area (TPSA) is 77.2 Å². The van der Waals surface area contributed by atoms with Gasteiger partial charge in [-0.15, -0.1) is 0 Å². The first-order valence-corrected chi connectivity index (χ1v) is 7.55. The van der Waals surface area contributed by atoms with Gasteiger partial charge in [-0.25, -0.2) is 0 Å². The van der Waals surface area contributed by atoms with E-state index in [1.165, 1.54) is 0 Å². The molecule has 118 valence electrons. The van der Waals surface area contributed by atoms with Crippen molar-refractivity contribution in [2.75, 3.05) is 6.61 Å². The molecule has 0 aliphatic carbocycles. The summed E-state index contributed by atoms with van der Waals surface area (Å²) >= 11 is 0. The summed E-state index contributed by atoms with van der Waals surface area (Å²) in [5.74, 6) is 1.64. The van der Waals surface area contributed by atoms with Crippen LogP contribution in [0.25, 0.3) is 0 Å². The molecule has 1 aromatic heterocycles. The SMILES string of the molecule is CCCCOc1ccc(C(=O)NCc2noc(CC)n2)cc1. The van der Waals surface area contributed by atoms with E-state index in [2.05, 4.69) is 22.4 Å². The van der Waals surface area contributed by atoms with Gasteiger partial charge in [0.1, 0.15) is 5.75 Å². The highest BCUT2D eigenvalue weighted by molar-refractivity contribution is 5.94. The number of nitrogens with one attached hydrogen (secondary N) is 1. The number of unbranched alkanes of at least 4 members (excludes halogenated alkanes) is 1. The Hall–Kier alpha value is -2.37. The lowest BCUT2D eigenvalue weighted by Crippen LogP contribution is -2.23. The van der Waals surface area contributed by atoms with Crippen LogP contribution < -0.4 is 10.1 Å². The van der Waals surface area contributed by atoms with E-state index >= 15 is 0 Å². The Kier molecular flexibility index (Phi) is 5.94. The van der Waals surface area contributed by atoms with E-state index < -0.39 is 0 Å². The molecule has 1 N–H and O–H groups in total. The number of hydrogen-bond acceptors (Lipinski definition) is 5. The standard InChI is InChI=1S/C16H21N3O3/c1-3-5-10-21-13-8-6-12(7-9-13)16(20)17-11-14-18-15(4-2)22-19-14/h6-9H,3-5,10-11H2,1-2H3,(H,17,20). The average molecular weight is 303 g/mol. The Morgan fingerprint density at radius 3 is 2.68 bits per heavy atom. The highest BCUT2D eigenvalue weighted by Gasteiger charge is 2.09. The van der Waals surface area contributed by atoms with E-state index in [-0.39, 0.29) is 12.5 Å². The van der Waals surface area contributed by atoms with E-state index in [1.807, 2.05) is 6.92 Å². The maximum Gasteiger partial charge on any atom is 0.251 e. The second-order valence-electron chi connectivity index (χ2n) is 4.87. The Morgan fingerprint density at radius 1 is 1.27 bits per heavy atom. The maximum absolute atomic E-state index is 12.0. The third-order valence-corrected chi connectivity index (χ3v) is 3.10. The Labute approximate surface area is 129 Å². The quantitative estimate of drug-likeness (QED) is 0.759. The zero-order chi connectivity index (χ0) is 15.8. The summed E-state index contributed by atoms with van der Waals surface area (Å²) in [4.78, 5) is 16.2. The number of rotatable bonds is 8. The lowest BCUT2D eigenvalue weighted by atomic mass is 10.2. The normalized spacial score (nSPS) is 10.5. The minimum Gasteiger partial charge on any atom is -0.494 e. The van der Waals surface area contributed by atoms with Crippen LogP contribution in [0.2, 0.25) is 0 Å². The van der Waals surface area contributed by atoms with Crippen molar-refractivity contribution < 1.29 is 14.1 Å². The number of amides is 1. The van der Waals surface area contributed by atoms with Crippen LogP contribution >= 0.6 is 0 Å². The van der Waals surface area contributed by atoms with Gasteiger partial charge >= 0.3 is 0 Å². The van der Waals surface area contributed by atoms with Crippen LogP contribution in [-0.4, -0.2) is 22.7 Å². The molecule has 1 amide bonds. The van der Waals surface area contributed by atoms with Gasteiger partial charge in [-0.2, -0.15) is 4.98 Å². The van der Waals surface area contributed by atoms with E-state index in [0.717, 1.165) is 18.6 Å². The predicted octanol–water partition coefficient (Wildman–Crippen LogP) is 2.74. The van der Waals surface area contributed by atoms with Crippen molar-refractivity contribution in [3.63, 3.8) is 0 Å². The minimum absolute atomic E-state index is 0.178. The second-order valence-corrected chi connectivity index (χ2v) is 4.87. The maximum atomic E-state index is 12.0. The first kappa shape index (κ1) is 16.0. The van der Waals surface area contributed by atoms with E-state index in [1.54, 1.807) is 24.3 Å². The second kappa shape index (κ2) is 8.17. The van der Waals surface area contributed by atoms with Gasteiger partial charge in [-0.05, 0) is 30.7 Å². The molecule has 0 atom stereocenters. The van der Waals surface area contributed by atoms with E-state index in [9.17, 15) is 4.79 Å². The number of carbonyl (C=O) groups is 1. The summed E-state index contributed by atoms with van der Waals surface area (Å²) in [6.07, 6.45) is 2.80. The van der Waals surface area contributed by atoms with Crippen molar-refractivity contribution in [1.29, 1.82) is 0 Å². The summed E-state index contributed by atoms with van der Waals surface area (Å²) in [6, 6.07) is 7.08. The van der Waals surface area contributed by atoms with Crippen molar-refractivity contribution >= 4 is 5.91 Å². The lowest BCUT2D eigenvalue weighted by molar-refractivity contribution is 0.0949. The molecule has 0 unspecified atom stereocenters. The van der Waals surface area contributed by atoms with E-state index in [4.69, 9.17) is 9.26 Å². The van der Waals surface area contributed by atoms with Crippen LogP contribution in [0.3, 0.4) is 0 Å². The number of benzene rings is 1. The molecule has 22 heavy (non-hydrogen) atoms. The summed E-state index contributed by atoms with van der Waals surface area (Å²) in [5.41, 5.74) is 0.571. The molecule has 0 fully saturated rings. The molecule has 0 aliphatic heterocycles. The molecule has 2 aromatic rings. The van der Waals surface area contributed by atoms with Crippen molar-refractivity contribution in [2.24, 2.45) is 0 Å². The third kappa shape index (κ3) is 4.58. The molecule has 6 nitrogen and oxygen atoms in total. The lowest BCUT2D eigenvalue weighted by Gasteiger charge is -2.06. The van der Waals surface area contributed by atoms with Crippen molar-refractivity contribution in [2.45, 2.75) is 39.7 Å². The average Bonchev–Trinajstić information content (AvgIpc) is 3.01. The molecular weight excluding hydrogens is 282 g/mol. The zero-order valence-electron chi connectivity index (χ0n) is 13.0.